The Hall–Kier alpha value is -0.820. The molecule has 1 aliphatic heterocycles. The number of hydrogen-bond donors (Lipinski definition) is 2. The molecule has 1 amide bonds. The number of nitrogens with two attached hydrogens (primary N) is 1. The third-order valence-electron chi connectivity index (χ3n) is 4.57. The summed E-state index contributed by atoms with van der Waals surface area (Å²) in [5.74, 6) is 0.580. The molecule has 1 heterocycles. The maximum atomic E-state index is 13.8. The fourth-order valence-electron chi connectivity index (χ4n) is 3.20. The number of carbonyl (C=O) groups excluding carboxylic acids is 1. The Balaban J connectivity index is 1.98. The van der Waals surface area contributed by atoms with E-state index in [-0.39, 0.29) is 22.9 Å². The average Bonchev–Trinajstić information content (AvgIpc) is 2.93. The van der Waals surface area contributed by atoms with Gasteiger partial charge in [-0.25, -0.2) is 4.39 Å². The standard InChI is InChI=1S/C17H25ClFN3OS/c1-22-7-5-12(10-21-17(23)15(20)6-8-24-2)16(22)11-3-4-13(18)14(19)9-11/h3-4,9,12,15-16H,5-8,10,20H2,1-2H3,(H,21,23). The maximum absolute atomic E-state index is 13.8. The molecule has 1 aromatic carbocycles. The van der Waals surface area contributed by atoms with Gasteiger partial charge in [0.05, 0.1) is 11.1 Å². The predicted octanol–water partition coefficient (Wildman–Crippen LogP) is 2.67. The molecule has 3 N–H and O–H groups in total. The van der Waals surface area contributed by atoms with Crippen LogP contribution in [0.2, 0.25) is 5.02 Å². The number of likely N-dealkylation sites (tertiary alicyclic amines) is 1. The Kier molecular flexibility index (Phi) is 7.34. The van der Waals surface area contributed by atoms with Crippen LogP contribution in [0.5, 0.6) is 0 Å². The van der Waals surface area contributed by atoms with Gasteiger partial charge >= 0.3 is 0 Å². The zero-order valence-electron chi connectivity index (χ0n) is 14.1. The van der Waals surface area contributed by atoms with Gasteiger partial charge in [-0.3, -0.25) is 9.69 Å². The van der Waals surface area contributed by atoms with Gasteiger partial charge in [0.25, 0.3) is 0 Å². The molecule has 0 saturated carbocycles. The van der Waals surface area contributed by atoms with Gasteiger partial charge in [-0.2, -0.15) is 11.8 Å². The van der Waals surface area contributed by atoms with Gasteiger partial charge in [0.2, 0.25) is 5.91 Å². The number of carbonyl (C=O) groups is 1. The minimum absolute atomic E-state index is 0.0690. The molecule has 0 radical (unpaired) electrons. The lowest BCUT2D eigenvalue weighted by atomic mass is 9.93. The van der Waals surface area contributed by atoms with Crippen LogP contribution >= 0.6 is 23.4 Å². The van der Waals surface area contributed by atoms with E-state index in [1.54, 1.807) is 17.8 Å². The van der Waals surface area contributed by atoms with Gasteiger partial charge in [0, 0.05) is 12.6 Å². The molecule has 1 saturated heterocycles. The number of nitrogens with zero attached hydrogens (tertiary/aromatic N) is 1. The van der Waals surface area contributed by atoms with E-state index in [4.69, 9.17) is 17.3 Å². The Bertz CT molecular complexity index is 575. The molecule has 2 rings (SSSR count). The number of benzene rings is 1. The Labute approximate surface area is 152 Å². The van der Waals surface area contributed by atoms with Crippen LogP contribution in [0, 0.1) is 11.7 Å². The lowest BCUT2D eigenvalue weighted by molar-refractivity contribution is -0.122. The quantitative estimate of drug-likeness (QED) is 0.771. The van der Waals surface area contributed by atoms with Gasteiger partial charge in [0.1, 0.15) is 5.82 Å². The number of nitrogens with one attached hydrogen (secondary N) is 1. The van der Waals surface area contributed by atoms with Gasteiger partial charge in [0.15, 0.2) is 0 Å². The van der Waals surface area contributed by atoms with Crippen LogP contribution in [-0.4, -0.2) is 49.0 Å². The second-order valence-electron chi connectivity index (χ2n) is 6.28. The summed E-state index contributed by atoms with van der Waals surface area (Å²) < 4.78 is 13.8. The van der Waals surface area contributed by atoms with Crippen LogP contribution in [-0.2, 0) is 4.79 Å². The van der Waals surface area contributed by atoms with Crippen molar-refractivity contribution in [2.24, 2.45) is 11.7 Å². The first kappa shape index (κ1) is 19.5. The van der Waals surface area contributed by atoms with E-state index in [0.29, 0.717) is 13.0 Å². The second-order valence-corrected chi connectivity index (χ2v) is 7.67. The Morgan fingerprint density at radius 2 is 2.33 bits per heavy atom. The lowest BCUT2D eigenvalue weighted by Gasteiger charge is -2.26. The van der Waals surface area contributed by atoms with Crippen LogP contribution in [0.25, 0.3) is 0 Å². The molecule has 1 aromatic rings. The minimum Gasteiger partial charge on any atom is -0.354 e. The molecule has 0 aromatic heterocycles. The second kappa shape index (κ2) is 9.04. The fourth-order valence-corrected chi connectivity index (χ4v) is 3.81. The number of rotatable bonds is 7. The lowest BCUT2D eigenvalue weighted by Crippen LogP contribution is -2.43. The summed E-state index contributed by atoms with van der Waals surface area (Å²) in [6.45, 7) is 1.46. The summed E-state index contributed by atoms with van der Waals surface area (Å²) in [6.07, 6.45) is 3.62. The van der Waals surface area contributed by atoms with Crippen LogP contribution in [0.3, 0.4) is 0 Å². The van der Waals surface area contributed by atoms with Crippen LogP contribution in [0.4, 0.5) is 4.39 Å². The molecule has 3 unspecified atom stereocenters. The van der Waals surface area contributed by atoms with Gasteiger partial charge in [-0.05, 0) is 62.1 Å². The summed E-state index contributed by atoms with van der Waals surface area (Å²) >= 11 is 7.46. The van der Waals surface area contributed by atoms with Crippen LogP contribution < -0.4 is 11.1 Å². The fraction of sp³-hybridized carbons (Fsp3) is 0.588. The van der Waals surface area contributed by atoms with E-state index >= 15 is 0 Å². The molecule has 3 atom stereocenters. The van der Waals surface area contributed by atoms with Gasteiger partial charge in [-0.1, -0.05) is 17.7 Å². The van der Waals surface area contributed by atoms with E-state index in [0.717, 1.165) is 24.3 Å². The zero-order chi connectivity index (χ0) is 17.7. The molecule has 0 spiro atoms. The van der Waals surface area contributed by atoms with Crippen molar-refractivity contribution in [2.45, 2.75) is 24.9 Å². The van der Waals surface area contributed by atoms with E-state index in [9.17, 15) is 9.18 Å². The molecule has 0 aliphatic carbocycles. The molecule has 134 valence electrons. The summed E-state index contributed by atoms with van der Waals surface area (Å²) in [5, 5.41) is 3.09. The van der Waals surface area contributed by atoms with Crippen molar-refractivity contribution >= 4 is 29.3 Å². The summed E-state index contributed by atoms with van der Waals surface area (Å²) in [5.41, 5.74) is 6.79. The monoisotopic (exact) mass is 373 g/mol. The smallest absolute Gasteiger partial charge is 0.236 e. The molecular formula is C17H25ClFN3OS. The zero-order valence-corrected chi connectivity index (χ0v) is 15.7. The van der Waals surface area contributed by atoms with Crippen molar-refractivity contribution in [3.05, 3.63) is 34.6 Å². The summed E-state index contributed by atoms with van der Waals surface area (Å²) in [6, 6.07) is 4.54. The SMILES string of the molecule is CSCCC(N)C(=O)NCC1CCN(C)C1c1ccc(Cl)c(F)c1. The minimum atomic E-state index is -0.469. The van der Waals surface area contributed by atoms with E-state index in [1.165, 1.54) is 6.07 Å². The predicted molar refractivity (Wildman–Crippen MR) is 98.9 cm³/mol. The van der Waals surface area contributed by atoms with Crippen molar-refractivity contribution in [1.82, 2.24) is 10.2 Å². The number of halogens is 2. The van der Waals surface area contributed by atoms with E-state index in [1.807, 2.05) is 19.4 Å². The summed E-state index contributed by atoms with van der Waals surface area (Å²) in [7, 11) is 2.02. The van der Waals surface area contributed by atoms with Crippen LogP contribution in [0.1, 0.15) is 24.4 Å². The van der Waals surface area contributed by atoms with Crippen molar-refractivity contribution in [3.8, 4) is 0 Å². The van der Waals surface area contributed by atoms with Gasteiger partial charge in [-0.15, -0.1) is 0 Å². The highest BCUT2D eigenvalue weighted by Gasteiger charge is 2.33. The van der Waals surface area contributed by atoms with Crippen molar-refractivity contribution in [1.29, 1.82) is 0 Å². The molecule has 24 heavy (non-hydrogen) atoms. The largest absolute Gasteiger partial charge is 0.354 e. The topological polar surface area (TPSA) is 58.4 Å². The number of thioether (sulfide) groups is 1. The third kappa shape index (κ3) is 4.85. The summed E-state index contributed by atoms with van der Waals surface area (Å²) in [4.78, 5) is 14.3. The highest BCUT2D eigenvalue weighted by atomic mass is 35.5. The van der Waals surface area contributed by atoms with Crippen molar-refractivity contribution < 1.29 is 9.18 Å². The normalized spacial score (nSPS) is 22.5. The first-order valence-electron chi connectivity index (χ1n) is 8.11. The van der Waals surface area contributed by atoms with E-state index < -0.39 is 11.9 Å². The molecular weight excluding hydrogens is 349 g/mol. The first-order chi connectivity index (χ1) is 11.4. The Morgan fingerprint density at radius 3 is 3.00 bits per heavy atom. The maximum Gasteiger partial charge on any atom is 0.236 e. The van der Waals surface area contributed by atoms with E-state index in [2.05, 4.69) is 10.2 Å². The number of amides is 1. The molecule has 7 heteroatoms. The molecule has 4 nitrogen and oxygen atoms in total. The highest BCUT2D eigenvalue weighted by molar-refractivity contribution is 7.98. The average molecular weight is 374 g/mol. The molecule has 0 bridgehead atoms. The third-order valence-corrected chi connectivity index (χ3v) is 5.52. The molecule has 1 fully saturated rings. The van der Waals surface area contributed by atoms with Crippen molar-refractivity contribution in [2.75, 3.05) is 32.1 Å². The van der Waals surface area contributed by atoms with Crippen LogP contribution in [0.15, 0.2) is 18.2 Å². The van der Waals surface area contributed by atoms with Gasteiger partial charge < -0.3 is 11.1 Å². The highest BCUT2D eigenvalue weighted by Crippen LogP contribution is 2.36. The first-order valence-corrected chi connectivity index (χ1v) is 9.88. The molecule has 1 aliphatic rings. The Morgan fingerprint density at radius 1 is 1.58 bits per heavy atom. The van der Waals surface area contributed by atoms with Crippen molar-refractivity contribution in [3.63, 3.8) is 0 Å². The number of hydrogen-bond acceptors (Lipinski definition) is 4.